The normalized spacial score (nSPS) is 17.3. The van der Waals surface area contributed by atoms with Crippen molar-refractivity contribution in [1.82, 2.24) is 0 Å². The molecule has 1 fully saturated rings. The van der Waals surface area contributed by atoms with Crippen molar-refractivity contribution >= 4 is 11.9 Å². The van der Waals surface area contributed by atoms with Crippen molar-refractivity contribution in [1.29, 1.82) is 0 Å². The van der Waals surface area contributed by atoms with E-state index in [9.17, 15) is 9.59 Å². The zero-order chi connectivity index (χ0) is 9.84. The van der Waals surface area contributed by atoms with Crippen LogP contribution < -0.4 is 0 Å². The molecule has 1 aliphatic rings. The number of methoxy groups -OCH3 is 1. The Morgan fingerprint density at radius 2 is 2.15 bits per heavy atom. The molecule has 1 aliphatic carbocycles. The van der Waals surface area contributed by atoms with E-state index in [1.54, 1.807) is 0 Å². The fourth-order valence-corrected chi connectivity index (χ4v) is 0.849. The molecule has 0 saturated heterocycles. The van der Waals surface area contributed by atoms with Gasteiger partial charge in [-0.1, -0.05) is 6.58 Å². The summed E-state index contributed by atoms with van der Waals surface area (Å²) in [5.41, 5.74) is 0. The van der Waals surface area contributed by atoms with Crippen LogP contribution in [-0.4, -0.2) is 25.2 Å². The van der Waals surface area contributed by atoms with Gasteiger partial charge in [-0.3, -0.25) is 4.79 Å². The number of carbonyl (C=O) groups is 2. The molecule has 13 heavy (non-hydrogen) atoms. The second kappa shape index (κ2) is 4.07. The zero-order valence-electron chi connectivity index (χ0n) is 7.49. The third-order valence-corrected chi connectivity index (χ3v) is 1.80. The van der Waals surface area contributed by atoms with Crippen molar-refractivity contribution in [3.8, 4) is 0 Å². The van der Waals surface area contributed by atoms with Crippen molar-refractivity contribution in [2.75, 3.05) is 7.11 Å². The Labute approximate surface area is 76.5 Å². The number of carbonyl (C=O) groups excluding carboxylic acids is 2. The van der Waals surface area contributed by atoms with Crippen LogP contribution in [0, 0.1) is 5.92 Å². The summed E-state index contributed by atoms with van der Waals surface area (Å²) in [5, 5.41) is 0. The third kappa shape index (κ3) is 2.57. The van der Waals surface area contributed by atoms with Gasteiger partial charge < -0.3 is 9.47 Å². The van der Waals surface area contributed by atoms with Crippen molar-refractivity contribution in [2.24, 2.45) is 5.92 Å². The molecule has 72 valence electrons. The van der Waals surface area contributed by atoms with Gasteiger partial charge in [-0.15, -0.1) is 0 Å². The standard InChI is InChI=1S/C9H12O4/c1-3-7(9(11)12-2)13-8(10)6-4-5-6/h3,6-7H,1,4-5H2,2H3. The van der Waals surface area contributed by atoms with Gasteiger partial charge in [0.05, 0.1) is 13.0 Å². The largest absolute Gasteiger partial charge is 0.466 e. The van der Waals surface area contributed by atoms with Crippen LogP contribution in [0.1, 0.15) is 12.8 Å². The fraction of sp³-hybridized carbons (Fsp3) is 0.556. The van der Waals surface area contributed by atoms with Crippen LogP contribution in [0.2, 0.25) is 0 Å². The van der Waals surface area contributed by atoms with E-state index in [4.69, 9.17) is 4.74 Å². The maximum atomic E-state index is 11.1. The highest BCUT2D eigenvalue weighted by Gasteiger charge is 2.34. The van der Waals surface area contributed by atoms with E-state index in [0.717, 1.165) is 12.8 Å². The van der Waals surface area contributed by atoms with Gasteiger partial charge in [-0.25, -0.2) is 4.79 Å². The molecule has 0 heterocycles. The molecular weight excluding hydrogens is 172 g/mol. The molecule has 0 aromatic rings. The summed E-state index contributed by atoms with van der Waals surface area (Å²) in [7, 11) is 1.24. The lowest BCUT2D eigenvalue weighted by molar-refractivity contribution is -0.163. The summed E-state index contributed by atoms with van der Waals surface area (Å²) in [6.45, 7) is 3.38. The first-order valence-electron chi connectivity index (χ1n) is 4.10. The summed E-state index contributed by atoms with van der Waals surface area (Å²) in [5.74, 6) is -0.952. The highest BCUT2D eigenvalue weighted by atomic mass is 16.6. The van der Waals surface area contributed by atoms with Crippen molar-refractivity contribution < 1.29 is 19.1 Å². The van der Waals surface area contributed by atoms with Gasteiger partial charge in [0.15, 0.2) is 0 Å². The molecule has 0 aromatic heterocycles. The molecule has 0 amide bonds. The summed E-state index contributed by atoms with van der Waals surface area (Å²) >= 11 is 0. The molecule has 0 radical (unpaired) electrons. The van der Waals surface area contributed by atoms with Gasteiger partial charge in [0.2, 0.25) is 6.10 Å². The minimum absolute atomic E-state index is 0.0212. The quantitative estimate of drug-likeness (QED) is 0.476. The van der Waals surface area contributed by atoms with E-state index in [2.05, 4.69) is 11.3 Å². The maximum Gasteiger partial charge on any atom is 0.351 e. The van der Waals surface area contributed by atoms with E-state index in [-0.39, 0.29) is 11.9 Å². The highest BCUT2D eigenvalue weighted by molar-refractivity contribution is 5.82. The summed E-state index contributed by atoms with van der Waals surface area (Å²) in [4.78, 5) is 22.1. The molecule has 4 heteroatoms. The summed E-state index contributed by atoms with van der Waals surface area (Å²) in [6.07, 6.45) is 2.00. The average molecular weight is 184 g/mol. The first-order valence-corrected chi connectivity index (χ1v) is 4.10. The Hall–Kier alpha value is -1.32. The van der Waals surface area contributed by atoms with E-state index in [1.165, 1.54) is 13.2 Å². The lowest BCUT2D eigenvalue weighted by atomic mass is 10.3. The predicted molar refractivity (Wildman–Crippen MR) is 44.8 cm³/mol. The lowest BCUT2D eigenvalue weighted by Crippen LogP contribution is -2.26. The molecule has 0 spiro atoms. The number of esters is 2. The average Bonchev–Trinajstić information content (AvgIpc) is 2.95. The lowest BCUT2D eigenvalue weighted by Gasteiger charge is -2.10. The van der Waals surface area contributed by atoms with E-state index in [0.29, 0.717) is 0 Å². The third-order valence-electron chi connectivity index (χ3n) is 1.80. The fourth-order valence-electron chi connectivity index (χ4n) is 0.849. The molecule has 1 unspecified atom stereocenters. The molecule has 1 atom stereocenters. The minimum atomic E-state index is -0.960. The Balaban J connectivity index is 2.42. The smallest absolute Gasteiger partial charge is 0.351 e. The molecule has 0 aliphatic heterocycles. The number of hydrogen-bond acceptors (Lipinski definition) is 4. The van der Waals surface area contributed by atoms with Crippen molar-refractivity contribution in [3.05, 3.63) is 12.7 Å². The number of hydrogen-bond donors (Lipinski definition) is 0. The molecular formula is C9H12O4. The van der Waals surface area contributed by atoms with Gasteiger partial charge in [-0.05, 0) is 18.9 Å². The summed E-state index contributed by atoms with van der Waals surface area (Å²) < 4.78 is 9.26. The van der Waals surface area contributed by atoms with Crippen molar-refractivity contribution in [2.45, 2.75) is 18.9 Å². The topological polar surface area (TPSA) is 52.6 Å². The van der Waals surface area contributed by atoms with Gasteiger partial charge in [-0.2, -0.15) is 0 Å². The van der Waals surface area contributed by atoms with Crippen molar-refractivity contribution in [3.63, 3.8) is 0 Å². The van der Waals surface area contributed by atoms with Crippen LogP contribution in [0.15, 0.2) is 12.7 Å². The van der Waals surface area contributed by atoms with Crippen LogP contribution in [-0.2, 0) is 19.1 Å². The SMILES string of the molecule is C=CC(OC(=O)C1CC1)C(=O)OC. The molecule has 0 aromatic carbocycles. The summed E-state index contributed by atoms with van der Waals surface area (Å²) in [6, 6.07) is 0. The van der Waals surface area contributed by atoms with Crippen LogP contribution in [0.4, 0.5) is 0 Å². The highest BCUT2D eigenvalue weighted by Crippen LogP contribution is 2.30. The second-order valence-electron chi connectivity index (χ2n) is 2.89. The predicted octanol–water partition coefficient (Wildman–Crippen LogP) is 0.667. The van der Waals surface area contributed by atoms with Gasteiger partial charge in [0, 0.05) is 0 Å². The first kappa shape index (κ1) is 9.77. The Bertz CT molecular complexity index is 230. The van der Waals surface area contributed by atoms with Crippen LogP contribution >= 0.6 is 0 Å². The Kier molecular flexibility index (Phi) is 3.06. The first-order chi connectivity index (χ1) is 6.19. The Morgan fingerprint density at radius 1 is 1.54 bits per heavy atom. The van der Waals surface area contributed by atoms with Gasteiger partial charge in [0.25, 0.3) is 0 Å². The van der Waals surface area contributed by atoms with E-state index >= 15 is 0 Å². The monoisotopic (exact) mass is 184 g/mol. The minimum Gasteiger partial charge on any atom is -0.466 e. The number of ether oxygens (including phenoxy) is 2. The molecule has 1 saturated carbocycles. The molecule has 4 nitrogen and oxygen atoms in total. The van der Waals surface area contributed by atoms with Crippen LogP contribution in [0.5, 0.6) is 0 Å². The molecule has 0 bridgehead atoms. The van der Waals surface area contributed by atoms with Gasteiger partial charge in [0.1, 0.15) is 0 Å². The molecule has 0 N–H and O–H groups in total. The Morgan fingerprint density at radius 3 is 2.54 bits per heavy atom. The van der Waals surface area contributed by atoms with E-state index < -0.39 is 12.1 Å². The second-order valence-corrected chi connectivity index (χ2v) is 2.89. The van der Waals surface area contributed by atoms with Gasteiger partial charge >= 0.3 is 11.9 Å². The zero-order valence-corrected chi connectivity index (χ0v) is 7.49. The molecule has 1 rings (SSSR count). The maximum absolute atomic E-state index is 11.1. The van der Waals surface area contributed by atoms with Crippen LogP contribution in [0.3, 0.4) is 0 Å². The number of rotatable bonds is 4. The van der Waals surface area contributed by atoms with Crippen LogP contribution in [0.25, 0.3) is 0 Å². The van der Waals surface area contributed by atoms with E-state index in [1.807, 2.05) is 0 Å².